The number of anilines is 2. The minimum absolute atomic E-state index is 0.0529. The van der Waals surface area contributed by atoms with Gasteiger partial charge in [-0.05, 0) is 73.9 Å². The number of hydrogen-bond donors (Lipinski definition) is 4. The summed E-state index contributed by atoms with van der Waals surface area (Å²) < 4.78 is 54.1. The number of benzene rings is 3. The Balaban J connectivity index is 0.702. The molecule has 1 fully saturated rings. The number of pyridine rings is 1. The molecule has 1 unspecified atom stereocenters. The summed E-state index contributed by atoms with van der Waals surface area (Å²) in [5, 5.41) is 17.2. The molecular formula is C47H47F2N9O10. The molecule has 21 heteroatoms. The van der Waals surface area contributed by atoms with Crippen LogP contribution in [0.15, 0.2) is 84.0 Å². The molecule has 0 radical (unpaired) electrons. The number of amides is 5. The molecule has 5 amide bonds. The van der Waals surface area contributed by atoms with E-state index in [1.165, 1.54) is 10.6 Å². The van der Waals surface area contributed by atoms with Crippen molar-refractivity contribution in [3.8, 4) is 22.6 Å². The fourth-order valence-corrected chi connectivity index (χ4v) is 7.83. The first-order valence-corrected chi connectivity index (χ1v) is 21.9. The van der Waals surface area contributed by atoms with Crippen molar-refractivity contribution in [3.05, 3.63) is 118 Å². The summed E-state index contributed by atoms with van der Waals surface area (Å²) in [6.07, 6.45) is 6.40. The summed E-state index contributed by atoms with van der Waals surface area (Å²) in [4.78, 5) is 79.5. The van der Waals surface area contributed by atoms with Gasteiger partial charge in [-0.2, -0.15) is 0 Å². The van der Waals surface area contributed by atoms with Crippen LogP contribution in [-0.4, -0.2) is 111 Å². The molecule has 0 aliphatic carbocycles. The maximum atomic E-state index is 14.6. The number of carbonyl (C=O) groups excluding carboxylic acids is 5. The zero-order valence-corrected chi connectivity index (χ0v) is 36.8. The summed E-state index contributed by atoms with van der Waals surface area (Å²) in [5.41, 5.74) is 3.35. The van der Waals surface area contributed by atoms with Crippen molar-refractivity contribution in [2.24, 2.45) is 7.05 Å². The Hall–Kier alpha value is -7.62. The molecule has 1 saturated heterocycles. The van der Waals surface area contributed by atoms with Gasteiger partial charge < -0.3 is 39.1 Å². The highest BCUT2D eigenvalue weighted by atomic mass is 19.1. The number of carbonyl (C=O) groups is 5. The van der Waals surface area contributed by atoms with Crippen LogP contribution in [-0.2, 0) is 48.6 Å². The summed E-state index contributed by atoms with van der Waals surface area (Å²) in [5.74, 6) is -4.07. The van der Waals surface area contributed by atoms with Crippen LogP contribution < -0.4 is 26.2 Å². The lowest BCUT2D eigenvalue weighted by Crippen LogP contribution is -2.54. The lowest BCUT2D eigenvalue weighted by molar-refractivity contribution is -0.136. The van der Waals surface area contributed by atoms with Gasteiger partial charge in [0.15, 0.2) is 11.6 Å². The number of imide groups is 2. The molecule has 0 saturated carbocycles. The Morgan fingerprint density at radius 3 is 2.34 bits per heavy atom. The van der Waals surface area contributed by atoms with Crippen molar-refractivity contribution < 1.29 is 51.7 Å². The van der Waals surface area contributed by atoms with Crippen LogP contribution in [0.2, 0.25) is 0 Å². The predicted molar refractivity (Wildman–Crippen MR) is 241 cm³/mol. The van der Waals surface area contributed by atoms with Crippen LogP contribution in [0.1, 0.15) is 52.1 Å². The largest absolute Gasteiger partial charge is 0.454 e. The van der Waals surface area contributed by atoms with Gasteiger partial charge in [-0.3, -0.25) is 39.0 Å². The van der Waals surface area contributed by atoms with Crippen LogP contribution in [0, 0.1) is 11.6 Å². The Kier molecular flexibility index (Phi) is 14.7. The van der Waals surface area contributed by atoms with Gasteiger partial charge in [0.25, 0.3) is 17.4 Å². The lowest BCUT2D eigenvalue weighted by atomic mass is 10.0. The second-order valence-electron chi connectivity index (χ2n) is 16.0. The van der Waals surface area contributed by atoms with Gasteiger partial charge in [0.1, 0.15) is 23.1 Å². The van der Waals surface area contributed by atoms with Crippen LogP contribution in [0.5, 0.6) is 11.5 Å². The molecule has 68 heavy (non-hydrogen) atoms. The molecule has 2 aliphatic heterocycles. The van der Waals surface area contributed by atoms with E-state index in [0.717, 1.165) is 22.7 Å². The SMILES string of the molecule is Cn1cc(-c2cc(NC(=O)CCCc3cn(CCOCCOCCOCCNc4ccc5c(c4)C(=O)N(C4CCC(=O)NC4=O)C5=O)nn3)ccc2Oc2ccc(F)cc2F)c2cc[nH]c2c1=O. The van der Waals surface area contributed by atoms with Gasteiger partial charge in [0, 0.05) is 79.0 Å². The van der Waals surface area contributed by atoms with E-state index < -0.39 is 41.3 Å². The molecule has 1 atom stereocenters. The summed E-state index contributed by atoms with van der Waals surface area (Å²) in [6, 6.07) is 13.4. The second-order valence-corrected chi connectivity index (χ2v) is 16.0. The first kappa shape index (κ1) is 46.9. The average Bonchev–Trinajstić information content (AvgIpc) is 4.05. The zero-order chi connectivity index (χ0) is 47.7. The van der Waals surface area contributed by atoms with Crippen molar-refractivity contribution >= 4 is 51.8 Å². The van der Waals surface area contributed by atoms with E-state index in [1.807, 2.05) is 0 Å². The Morgan fingerprint density at radius 1 is 0.809 bits per heavy atom. The third kappa shape index (κ3) is 11.0. The minimum Gasteiger partial charge on any atom is -0.454 e. The highest BCUT2D eigenvalue weighted by Gasteiger charge is 2.44. The zero-order valence-electron chi connectivity index (χ0n) is 36.8. The molecule has 8 rings (SSSR count). The molecule has 2 aliphatic rings. The van der Waals surface area contributed by atoms with Crippen molar-refractivity contribution in [2.45, 2.75) is 44.7 Å². The monoisotopic (exact) mass is 935 g/mol. The summed E-state index contributed by atoms with van der Waals surface area (Å²) in [6.45, 7) is 3.08. The van der Waals surface area contributed by atoms with Crippen LogP contribution in [0.25, 0.3) is 22.0 Å². The van der Waals surface area contributed by atoms with Crippen LogP contribution in [0.4, 0.5) is 20.2 Å². The Bertz CT molecular complexity index is 2930. The number of rotatable bonds is 22. The minimum atomic E-state index is -1.02. The topological polar surface area (TPSA) is 230 Å². The molecule has 4 N–H and O–H groups in total. The third-order valence-corrected chi connectivity index (χ3v) is 11.2. The molecule has 354 valence electrons. The average molecular weight is 936 g/mol. The highest BCUT2D eigenvalue weighted by molar-refractivity contribution is 6.23. The van der Waals surface area contributed by atoms with E-state index in [2.05, 4.69) is 31.2 Å². The maximum Gasteiger partial charge on any atom is 0.274 e. The molecule has 3 aromatic heterocycles. The fraction of sp³-hybridized carbons (Fsp3) is 0.319. The standard InChI is InChI=1S/C47H47F2N9O10/c1-56-27-36(32-13-14-51-43(32)47(56)64)34-25-30(7-11-39(34)68-40-10-5-28(48)23-37(40)49)52-41(59)4-2-3-31-26-57(55-54-31)16-18-66-20-22-67-21-19-65-17-15-50-29-6-8-33-35(24-29)46(63)58(45(33)62)38-9-12-42(60)53-44(38)61/h5-8,10-11,13-14,23-27,38,50-51H,2-4,9,12,15-22H2,1H3,(H,52,59)(H,53,60,61). The molecular weight excluding hydrogens is 889 g/mol. The number of ether oxygens (including phenoxy) is 4. The number of hydrogen-bond acceptors (Lipinski definition) is 13. The van der Waals surface area contributed by atoms with Gasteiger partial charge in [0.05, 0.1) is 63.0 Å². The second kappa shape index (κ2) is 21.3. The maximum absolute atomic E-state index is 14.6. The molecule has 5 heterocycles. The van der Waals surface area contributed by atoms with Gasteiger partial charge in [-0.1, -0.05) is 5.21 Å². The number of aromatic nitrogens is 5. The number of piperidine rings is 1. The van der Waals surface area contributed by atoms with Crippen LogP contribution in [0.3, 0.4) is 0 Å². The lowest BCUT2D eigenvalue weighted by Gasteiger charge is -2.27. The van der Waals surface area contributed by atoms with E-state index in [-0.39, 0.29) is 53.4 Å². The number of H-pyrrole nitrogens is 1. The number of aromatic amines is 1. The first-order valence-electron chi connectivity index (χ1n) is 21.9. The highest BCUT2D eigenvalue weighted by Crippen LogP contribution is 2.39. The fourth-order valence-electron chi connectivity index (χ4n) is 7.83. The van der Waals surface area contributed by atoms with E-state index >= 15 is 0 Å². The third-order valence-electron chi connectivity index (χ3n) is 11.2. The van der Waals surface area contributed by atoms with Gasteiger partial charge >= 0.3 is 0 Å². The summed E-state index contributed by atoms with van der Waals surface area (Å²) in [7, 11) is 1.60. The van der Waals surface area contributed by atoms with Gasteiger partial charge in [-0.25, -0.2) is 13.5 Å². The van der Waals surface area contributed by atoms with E-state index in [4.69, 9.17) is 18.9 Å². The first-order chi connectivity index (χ1) is 32.9. The number of nitrogens with zero attached hydrogens (tertiary/aromatic N) is 5. The number of nitrogens with one attached hydrogen (secondary N) is 4. The molecule has 0 spiro atoms. The van der Waals surface area contributed by atoms with E-state index in [1.54, 1.807) is 72.8 Å². The molecule has 3 aromatic carbocycles. The summed E-state index contributed by atoms with van der Waals surface area (Å²) >= 11 is 0. The van der Waals surface area contributed by atoms with Crippen LogP contribution >= 0.6 is 0 Å². The normalized spacial score (nSPS) is 14.7. The molecule has 6 aromatic rings. The quantitative estimate of drug-likeness (QED) is 0.0534. The molecule has 19 nitrogen and oxygen atoms in total. The number of aryl methyl sites for hydroxylation is 2. The smallest absolute Gasteiger partial charge is 0.274 e. The predicted octanol–water partition coefficient (Wildman–Crippen LogP) is 4.72. The van der Waals surface area contributed by atoms with Gasteiger partial charge in [0.2, 0.25) is 17.7 Å². The van der Waals surface area contributed by atoms with Crippen molar-refractivity contribution in [3.63, 3.8) is 0 Å². The van der Waals surface area contributed by atoms with Crippen molar-refractivity contribution in [1.82, 2.24) is 34.8 Å². The Morgan fingerprint density at radius 2 is 1.54 bits per heavy atom. The van der Waals surface area contributed by atoms with E-state index in [9.17, 15) is 37.5 Å². The number of halogens is 2. The number of fused-ring (bicyclic) bond motifs is 2. The molecule has 0 bridgehead atoms. The van der Waals surface area contributed by atoms with Crippen molar-refractivity contribution in [2.75, 3.05) is 56.8 Å². The van der Waals surface area contributed by atoms with Gasteiger partial charge in [-0.15, -0.1) is 5.10 Å². The van der Waals surface area contributed by atoms with Crippen molar-refractivity contribution in [1.29, 1.82) is 0 Å². The Labute approximate surface area is 386 Å². The van der Waals surface area contributed by atoms with E-state index in [0.29, 0.717) is 99.0 Å².